The fourth-order valence-electron chi connectivity index (χ4n) is 1.28. The monoisotopic (exact) mass is 303 g/mol. The Labute approximate surface area is 117 Å². The largest absolute Gasteiger partial charge is 0.491 e. The molecular weight excluding hydrogens is 286 g/mol. The van der Waals surface area contributed by atoms with Crippen molar-refractivity contribution in [1.29, 1.82) is 0 Å². The van der Waals surface area contributed by atoms with E-state index < -0.39 is 21.2 Å². The highest BCUT2D eigenvalue weighted by molar-refractivity contribution is 7.94. The standard InChI is InChI=1S/C12H17NO6S/c1-9(12(14)15)20(16,17)13-10-4-3-5-11(8-10)19-7-6-18-2/h3-5,8-9,13H,6-7H2,1-2H3,(H,14,15). The van der Waals surface area contributed by atoms with E-state index in [-0.39, 0.29) is 5.69 Å². The van der Waals surface area contributed by atoms with Crippen molar-refractivity contribution in [3.63, 3.8) is 0 Å². The summed E-state index contributed by atoms with van der Waals surface area (Å²) in [6.07, 6.45) is 0. The number of carboxylic acids is 1. The molecule has 0 heterocycles. The third-order valence-electron chi connectivity index (χ3n) is 2.46. The zero-order valence-electron chi connectivity index (χ0n) is 11.2. The number of rotatable bonds is 8. The second-order valence-electron chi connectivity index (χ2n) is 4.00. The molecular formula is C12H17NO6S. The molecule has 0 aromatic heterocycles. The van der Waals surface area contributed by atoms with Crippen LogP contribution in [0.15, 0.2) is 24.3 Å². The second kappa shape index (κ2) is 7.11. The van der Waals surface area contributed by atoms with E-state index in [0.717, 1.165) is 6.92 Å². The summed E-state index contributed by atoms with van der Waals surface area (Å²) in [6.45, 7) is 1.84. The quantitative estimate of drug-likeness (QED) is 0.693. The van der Waals surface area contributed by atoms with E-state index in [9.17, 15) is 13.2 Å². The van der Waals surface area contributed by atoms with Gasteiger partial charge in [-0.25, -0.2) is 8.42 Å². The highest BCUT2D eigenvalue weighted by Crippen LogP contribution is 2.19. The number of ether oxygens (including phenoxy) is 2. The van der Waals surface area contributed by atoms with Crippen LogP contribution in [0.2, 0.25) is 0 Å². The van der Waals surface area contributed by atoms with E-state index >= 15 is 0 Å². The van der Waals surface area contributed by atoms with E-state index in [0.29, 0.717) is 19.0 Å². The van der Waals surface area contributed by atoms with Crippen molar-refractivity contribution in [1.82, 2.24) is 0 Å². The van der Waals surface area contributed by atoms with Crippen LogP contribution >= 0.6 is 0 Å². The van der Waals surface area contributed by atoms with Gasteiger partial charge in [0.15, 0.2) is 5.25 Å². The lowest BCUT2D eigenvalue weighted by Crippen LogP contribution is -2.32. The first kappa shape index (κ1) is 16.3. The molecule has 7 nitrogen and oxygen atoms in total. The second-order valence-corrected chi connectivity index (χ2v) is 6.00. The highest BCUT2D eigenvalue weighted by atomic mass is 32.2. The maximum atomic E-state index is 11.8. The number of methoxy groups -OCH3 is 1. The van der Waals surface area contributed by atoms with Crippen molar-refractivity contribution in [2.45, 2.75) is 12.2 Å². The predicted octanol–water partition coefficient (Wildman–Crippen LogP) is 0.927. The smallest absolute Gasteiger partial charge is 0.323 e. The van der Waals surface area contributed by atoms with Gasteiger partial charge in [0.1, 0.15) is 12.4 Å². The van der Waals surface area contributed by atoms with Crippen LogP contribution in [0.4, 0.5) is 5.69 Å². The Bertz CT molecular complexity index is 557. The molecule has 0 saturated carbocycles. The molecule has 112 valence electrons. The average molecular weight is 303 g/mol. The molecule has 0 aliphatic carbocycles. The Balaban J connectivity index is 2.78. The Kier molecular flexibility index (Phi) is 5.78. The summed E-state index contributed by atoms with van der Waals surface area (Å²) >= 11 is 0. The average Bonchev–Trinajstić information content (AvgIpc) is 2.38. The zero-order chi connectivity index (χ0) is 15.2. The molecule has 0 amide bonds. The van der Waals surface area contributed by atoms with Crippen molar-refractivity contribution in [3.8, 4) is 5.75 Å². The lowest BCUT2D eigenvalue weighted by Gasteiger charge is -2.12. The van der Waals surface area contributed by atoms with Gasteiger partial charge in [0, 0.05) is 13.2 Å². The van der Waals surface area contributed by atoms with Gasteiger partial charge >= 0.3 is 5.97 Å². The molecule has 1 unspecified atom stereocenters. The normalized spacial score (nSPS) is 12.7. The minimum atomic E-state index is -3.98. The summed E-state index contributed by atoms with van der Waals surface area (Å²) in [7, 11) is -2.44. The maximum Gasteiger partial charge on any atom is 0.323 e. The SMILES string of the molecule is COCCOc1cccc(NS(=O)(=O)C(C)C(=O)O)c1. The topological polar surface area (TPSA) is 102 Å². The van der Waals surface area contributed by atoms with Gasteiger partial charge in [-0.05, 0) is 19.1 Å². The van der Waals surface area contributed by atoms with Gasteiger partial charge in [-0.15, -0.1) is 0 Å². The molecule has 1 rings (SSSR count). The van der Waals surface area contributed by atoms with E-state index in [1.807, 2.05) is 0 Å². The van der Waals surface area contributed by atoms with E-state index in [2.05, 4.69) is 4.72 Å². The Morgan fingerprint density at radius 3 is 2.70 bits per heavy atom. The highest BCUT2D eigenvalue weighted by Gasteiger charge is 2.27. The zero-order valence-corrected chi connectivity index (χ0v) is 12.0. The van der Waals surface area contributed by atoms with E-state index in [4.69, 9.17) is 14.6 Å². The third kappa shape index (κ3) is 4.71. The molecule has 2 N–H and O–H groups in total. The van der Waals surface area contributed by atoms with Gasteiger partial charge in [0.25, 0.3) is 0 Å². The van der Waals surface area contributed by atoms with Crippen molar-refractivity contribution < 1.29 is 27.8 Å². The van der Waals surface area contributed by atoms with Gasteiger partial charge in [-0.2, -0.15) is 0 Å². The van der Waals surface area contributed by atoms with Crippen LogP contribution in [-0.2, 0) is 19.6 Å². The molecule has 0 radical (unpaired) electrons. The minimum Gasteiger partial charge on any atom is -0.491 e. The van der Waals surface area contributed by atoms with Gasteiger partial charge in [-0.3, -0.25) is 9.52 Å². The summed E-state index contributed by atoms with van der Waals surface area (Å²) in [5.41, 5.74) is 0.244. The van der Waals surface area contributed by atoms with Crippen LogP contribution < -0.4 is 9.46 Å². The molecule has 20 heavy (non-hydrogen) atoms. The van der Waals surface area contributed by atoms with Crippen LogP contribution in [0.25, 0.3) is 0 Å². The Morgan fingerprint density at radius 1 is 1.40 bits per heavy atom. The van der Waals surface area contributed by atoms with Crippen molar-refractivity contribution in [3.05, 3.63) is 24.3 Å². The summed E-state index contributed by atoms with van der Waals surface area (Å²) in [6, 6.07) is 6.25. The Hall–Kier alpha value is -1.80. The number of aliphatic carboxylic acids is 1. The molecule has 0 bridgehead atoms. The number of hydrogen-bond donors (Lipinski definition) is 2. The van der Waals surface area contributed by atoms with Gasteiger partial charge in [0.05, 0.1) is 12.3 Å². The number of anilines is 1. The fourth-order valence-corrected chi connectivity index (χ4v) is 2.18. The van der Waals surface area contributed by atoms with E-state index in [1.54, 1.807) is 19.2 Å². The van der Waals surface area contributed by atoms with Crippen LogP contribution in [0.3, 0.4) is 0 Å². The molecule has 0 spiro atoms. The van der Waals surface area contributed by atoms with Gasteiger partial charge < -0.3 is 14.6 Å². The fraction of sp³-hybridized carbons (Fsp3) is 0.417. The molecule has 1 atom stereocenters. The first-order valence-electron chi connectivity index (χ1n) is 5.83. The molecule has 0 aliphatic rings. The van der Waals surface area contributed by atoms with Gasteiger partial charge in [0.2, 0.25) is 10.0 Å². The number of benzene rings is 1. The lowest BCUT2D eigenvalue weighted by molar-refractivity contribution is -0.136. The molecule has 1 aromatic rings. The van der Waals surface area contributed by atoms with E-state index in [1.165, 1.54) is 12.1 Å². The molecule has 0 aliphatic heterocycles. The van der Waals surface area contributed by atoms with Crippen molar-refractivity contribution in [2.75, 3.05) is 25.0 Å². The van der Waals surface area contributed by atoms with Crippen molar-refractivity contribution >= 4 is 21.7 Å². The summed E-state index contributed by atoms with van der Waals surface area (Å²) < 4.78 is 35.9. The van der Waals surface area contributed by atoms with Crippen LogP contribution in [-0.4, -0.2) is 45.1 Å². The first-order valence-corrected chi connectivity index (χ1v) is 7.37. The predicted molar refractivity (Wildman–Crippen MR) is 73.5 cm³/mol. The van der Waals surface area contributed by atoms with Crippen LogP contribution in [0.5, 0.6) is 5.75 Å². The number of sulfonamides is 1. The third-order valence-corrected chi connectivity index (χ3v) is 4.12. The Morgan fingerprint density at radius 2 is 2.10 bits per heavy atom. The molecule has 0 saturated heterocycles. The lowest BCUT2D eigenvalue weighted by atomic mass is 10.3. The summed E-state index contributed by atoms with van der Waals surface area (Å²) in [4.78, 5) is 10.7. The van der Waals surface area contributed by atoms with Crippen molar-refractivity contribution in [2.24, 2.45) is 0 Å². The first-order chi connectivity index (χ1) is 9.36. The van der Waals surface area contributed by atoms with Crippen LogP contribution in [0, 0.1) is 0 Å². The number of carbonyl (C=O) groups is 1. The molecule has 1 aromatic carbocycles. The summed E-state index contributed by atoms with van der Waals surface area (Å²) in [5, 5.41) is 7.19. The number of hydrogen-bond acceptors (Lipinski definition) is 5. The molecule has 8 heteroatoms. The summed E-state index contributed by atoms with van der Waals surface area (Å²) in [5.74, 6) is -0.949. The number of carboxylic acid groups (broad SMARTS) is 1. The van der Waals surface area contributed by atoms with Gasteiger partial charge in [-0.1, -0.05) is 6.07 Å². The molecule has 0 fully saturated rings. The van der Waals surface area contributed by atoms with Crippen LogP contribution in [0.1, 0.15) is 6.92 Å². The maximum absolute atomic E-state index is 11.8. The number of nitrogens with one attached hydrogen (secondary N) is 1. The minimum absolute atomic E-state index is 0.244.